The van der Waals surface area contributed by atoms with Gasteiger partial charge in [-0.3, -0.25) is 9.59 Å². The largest absolute Gasteiger partial charge is 0.492 e. The highest BCUT2D eigenvalue weighted by Crippen LogP contribution is 2.33. The first-order chi connectivity index (χ1) is 12.6. The molecule has 136 valence electrons. The summed E-state index contributed by atoms with van der Waals surface area (Å²) < 4.78 is 5.62. The van der Waals surface area contributed by atoms with Crippen LogP contribution in [0.4, 0.5) is 11.4 Å². The molecule has 3 rings (SSSR count). The van der Waals surface area contributed by atoms with Gasteiger partial charge in [0, 0.05) is 18.7 Å². The molecule has 1 aliphatic heterocycles. The van der Waals surface area contributed by atoms with Crippen molar-refractivity contribution in [2.24, 2.45) is 5.92 Å². The molecule has 0 aromatic heterocycles. The molecule has 5 nitrogen and oxygen atoms in total. The monoisotopic (exact) mass is 352 g/mol. The summed E-state index contributed by atoms with van der Waals surface area (Å²) in [5, 5.41) is 2.94. The van der Waals surface area contributed by atoms with Gasteiger partial charge < -0.3 is 15.0 Å². The van der Waals surface area contributed by atoms with E-state index in [4.69, 9.17) is 4.74 Å². The number of benzene rings is 2. The van der Waals surface area contributed by atoms with Crippen LogP contribution in [0.1, 0.15) is 25.8 Å². The summed E-state index contributed by atoms with van der Waals surface area (Å²) in [6.07, 6.45) is 1.12. The van der Waals surface area contributed by atoms with Gasteiger partial charge in [-0.15, -0.1) is 0 Å². The minimum atomic E-state index is -0.373. The molecule has 2 amide bonds. The Morgan fingerprint density at radius 3 is 2.77 bits per heavy atom. The summed E-state index contributed by atoms with van der Waals surface area (Å²) in [7, 11) is 0. The Bertz CT molecular complexity index is 803. The molecule has 0 saturated carbocycles. The van der Waals surface area contributed by atoms with Gasteiger partial charge in [0.1, 0.15) is 5.75 Å². The number of nitrogens with one attached hydrogen (secondary N) is 1. The first-order valence-electron chi connectivity index (χ1n) is 9.04. The number of para-hydroxylation sites is 2. The molecule has 26 heavy (non-hydrogen) atoms. The highest BCUT2D eigenvalue weighted by Gasteiger charge is 2.36. The highest BCUT2D eigenvalue weighted by molar-refractivity contribution is 6.04. The minimum absolute atomic E-state index is 0.0559. The number of carbonyl (C=O) groups is 2. The topological polar surface area (TPSA) is 58.6 Å². The Morgan fingerprint density at radius 2 is 2.00 bits per heavy atom. The van der Waals surface area contributed by atoms with Crippen molar-refractivity contribution >= 4 is 23.2 Å². The number of hydrogen-bond donors (Lipinski definition) is 1. The molecule has 1 heterocycles. The Balaban J connectivity index is 1.72. The zero-order chi connectivity index (χ0) is 18.5. The lowest BCUT2D eigenvalue weighted by Gasteiger charge is -2.20. The second-order valence-electron chi connectivity index (χ2n) is 6.35. The fraction of sp³-hybridized carbons (Fsp3) is 0.333. The molecule has 0 aliphatic carbocycles. The van der Waals surface area contributed by atoms with Gasteiger partial charge in [0.05, 0.1) is 18.2 Å². The predicted molar refractivity (Wildman–Crippen MR) is 103 cm³/mol. The van der Waals surface area contributed by atoms with Crippen LogP contribution in [0.5, 0.6) is 5.75 Å². The second kappa shape index (κ2) is 8.04. The van der Waals surface area contributed by atoms with Crippen molar-refractivity contribution in [3.05, 3.63) is 54.1 Å². The van der Waals surface area contributed by atoms with E-state index in [1.165, 1.54) is 0 Å². The Kier molecular flexibility index (Phi) is 5.56. The van der Waals surface area contributed by atoms with Crippen molar-refractivity contribution in [1.82, 2.24) is 0 Å². The molecule has 1 saturated heterocycles. The van der Waals surface area contributed by atoms with E-state index in [0.717, 1.165) is 23.4 Å². The summed E-state index contributed by atoms with van der Waals surface area (Å²) >= 11 is 0. The standard InChI is InChI=1S/C21H24N2O3/c1-3-15-8-7-9-17(12-15)22-21(25)16-13-20(24)23(14-16)18-10-5-6-11-19(18)26-4-2/h5-12,16H,3-4,13-14H2,1-2H3,(H,22,25)/t16-/m0/s1. The average Bonchev–Trinajstić information content (AvgIpc) is 3.04. The quantitative estimate of drug-likeness (QED) is 0.863. The molecule has 0 unspecified atom stereocenters. The van der Waals surface area contributed by atoms with E-state index >= 15 is 0 Å². The minimum Gasteiger partial charge on any atom is -0.492 e. The summed E-state index contributed by atoms with van der Waals surface area (Å²) in [5.74, 6) is 0.116. The number of ether oxygens (including phenoxy) is 1. The van der Waals surface area contributed by atoms with Crippen molar-refractivity contribution in [1.29, 1.82) is 0 Å². The number of anilines is 2. The summed E-state index contributed by atoms with van der Waals surface area (Å²) in [5.41, 5.74) is 2.66. The van der Waals surface area contributed by atoms with Crippen LogP contribution in [-0.2, 0) is 16.0 Å². The highest BCUT2D eigenvalue weighted by atomic mass is 16.5. The molecule has 0 bridgehead atoms. The molecular weight excluding hydrogens is 328 g/mol. The number of amides is 2. The maximum absolute atomic E-state index is 12.6. The molecule has 1 fully saturated rings. The van der Waals surface area contributed by atoms with Crippen molar-refractivity contribution in [2.45, 2.75) is 26.7 Å². The lowest BCUT2D eigenvalue weighted by atomic mass is 10.1. The van der Waals surface area contributed by atoms with Gasteiger partial charge in [-0.1, -0.05) is 31.2 Å². The summed E-state index contributed by atoms with van der Waals surface area (Å²) in [6, 6.07) is 15.2. The van der Waals surface area contributed by atoms with E-state index in [1.54, 1.807) is 4.90 Å². The van der Waals surface area contributed by atoms with Gasteiger partial charge in [0.2, 0.25) is 11.8 Å². The summed E-state index contributed by atoms with van der Waals surface area (Å²) in [6.45, 7) is 4.87. The van der Waals surface area contributed by atoms with Gasteiger partial charge >= 0.3 is 0 Å². The number of carbonyl (C=O) groups excluding carboxylic acids is 2. The van der Waals surface area contributed by atoms with Gasteiger partial charge in [0.25, 0.3) is 0 Å². The van der Waals surface area contributed by atoms with Crippen LogP contribution in [0.25, 0.3) is 0 Å². The van der Waals surface area contributed by atoms with Crippen LogP contribution in [0.15, 0.2) is 48.5 Å². The molecular formula is C21H24N2O3. The van der Waals surface area contributed by atoms with Crippen molar-refractivity contribution in [3.63, 3.8) is 0 Å². The maximum atomic E-state index is 12.6. The molecule has 1 atom stereocenters. The van der Waals surface area contributed by atoms with E-state index in [-0.39, 0.29) is 24.2 Å². The number of aryl methyl sites for hydroxylation is 1. The van der Waals surface area contributed by atoms with Gasteiger partial charge in [0.15, 0.2) is 0 Å². The molecule has 2 aromatic rings. The number of hydrogen-bond acceptors (Lipinski definition) is 3. The number of nitrogens with zero attached hydrogens (tertiary/aromatic N) is 1. The molecule has 5 heteroatoms. The Hall–Kier alpha value is -2.82. The van der Waals surface area contributed by atoms with Crippen LogP contribution < -0.4 is 15.0 Å². The summed E-state index contributed by atoms with van der Waals surface area (Å²) in [4.78, 5) is 26.8. The Morgan fingerprint density at radius 1 is 1.19 bits per heavy atom. The zero-order valence-electron chi connectivity index (χ0n) is 15.2. The lowest BCUT2D eigenvalue weighted by molar-refractivity contribution is -0.122. The second-order valence-corrected chi connectivity index (χ2v) is 6.35. The van der Waals surface area contributed by atoms with Crippen molar-refractivity contribution < 1.29 is 14.3 Å². The molecule has 0 radical (unpaired) electrons. The van der Waals surface area contributed by atoms with Crippen LogP contribution in [-0.4, -0.2) is 25.0 Å². The van der Waals surface area contributed by atoms with Gasteiger partial charge in [-0.05, 0) is 43.2 Å². The molecule has 0 spiro atoms. The van der Waals surface area contributed by atoms with Crippen LogP contribution in [0.2, 0.25) is 0 Å². The van der Waals surface area contributed by atoms with Crippen molar-refractivity contribution in [2.75, 3.05) is 23.4 Å². The van der Waals surface area contributed by atoms with Gasteiger partial charge in [-0.2, -0.15) is 0 Å². The number of rotatable bonds is 6. The molecule has 1 aliphatic rings. The SMILES string of the molecule is CCOc1ccccc1N1C[C@@H](C(=O)Nc2cccc(CC)c2)CC1=O. The van der Waals surface area contributed by atoms with Crippen LogP contribution in [0.3, 0.4) is 0 Å². The Labute approximate surface area is 154 Å². The van der Waals surface area contributed by atoms with Crippen LogP contribution in [0, 0.1) is 5.92 Å². The molecule has 1 N–H and O–H groups in total. The fourth-order valence-electron chi connectivity index (χ4n) is 3.19. The van der Waals surface area contributed by atoms with E-state index in [0.29, 0.717) is 18.9 Å². The van der Waals surface area contributed by atoms with E-state index in [2.05, 4.69) is 12.2 Å². The maximum Gasteiger partial charge on any atom is 0.229 e. The first kappa shape index (κ1) is 18.0. The lowest BCUT2D eigenvalue weighted by Crippen LogP contribution is -2.28. The first-order valence-corrected chi connectivity index (χ1v) is 9.04. The average molecular weight is 352 g/mol. The van der Waals surface area contributed by atoms with Gasteiger partial charge in [-0.25, -0.2) is 0 Å². The fourth-order valence-corrected chi connectivity index (χ4v) is 3.19. The third-order valence-electron chi connectivity index (χ3n) is 4.55. The van der Waals surface area contributed by atoms with E-state index in [9.17, 15) is 9.59 Å². The van der Waals surface area contributed by atoms with E-state index < -0.39 is 0 Å². The normalized spacial score (nSPS) is 16.6. The molecule has 2 aromatic carbocycles. The van der Waals surface area contributed by atoms with E-state index in [1.807, 2.05) is 55.5 Å². The van der Waals surface area contributed by atoms with Crippen molar-refractivity contribution in [3.8, 4) is 5.75 Å². The third kappa shape index (κ3) is 3.87. The third-order valence-corrected chi connectivity index (χ3v) is 4.55. The predicted octanol–water partition coefficient (Wildman–Crippen LogP) is 3.64. The smallest absolute Gasteiger partial charge is 0.229 e. The zero-order valence-corrected chi connectivity index (χ0v) is 15.2. The van der Waals surface area contributed by atoms with Crippen LogP contribution >= 0.6 is 0 Å².